The van der Waals surface area contributed by atoms with Crippen molar-refractivity contribution in [3.05, 3.63) is 52.5 Å². The lowest BCUT2D eigenvalue weighted by atomic mass is 10.2. The van der Waals surface area contributed by atoms with Crippen molar-refractivity contribution >= 4 is 40.8 Å². The summed E-state index contributed by atoms with van der Waals surface area (Å²) in [6, 6.07) is 11.5. The standard InChI is InChI=1S/C18H17Cl2NO5/c1-11(18(23)21-14-9-12(19)7-8-16(14)24-2)26-17(22)10-25-15-6-4-3-5-13(15)20/h3-9,11H,10H2,1-2H3,(H,21,23)/t11-/m0/s1. The van der Waals surface area contributed by atoms with Crippen LogP contribution in [-0.2, 0) is 14.3 Å². The summed E-state index contributed by atoms with van der Waals surface area (Å²) in [5, 5.41) is 3.41. The van der Waals surface area contributed by atoms with Gasteiger partial charge < -0.3 is 19.5 Å². The van der Waals surface area contributed by atoms with E-state index in [0.717, 1.165) is 0 Å². The zero-order valence-electron chi connectivity index (χ0n) is 14.1. The zero-order valence-corrected chi connectivity index (χ0v) is 15.6. The van der Waals surface area contributed by atoms with Gasteiger partial charge in [-0.3, -0.25) is 4.79 Å². The molecule has 138 valence electrons. The van der Waals surface area contributed by atoms with Crippen LogP contribution in [0.15, 0.2) is 42.5 Å². The Hall–Kier alpha value is -2.44. The maximum absolute atomic E-state index is 12.2. The highest BCUT2D eigenvalue weighted by Gasteiger charge is 2.20. The largest absolute Gasteiger partial charge is 0.495 e. The predicted octanol–water partition coefficient (Wildman–Crippen LogP) is 3.95. The van der Waals surface area contributed by atoms with Crippen LogP contribution in [0.2, 0.25) is 10.0 Å². The molecule has 26 heavy (non-hydrogen) atoms. The number of ether oxygens (including phenoxy) is 3. The Morgan fingerprint density at radius 3 is 2.54 bits per heavy atom. The first-order valence-electron chi connectivity index (χ1n) is 7.62. The fraction of sp³-hybridized carbons (Fsp3) is 0.222. The third-order valence-electron chi connectivity index (χ3n) is 3.28. The van der Waals surface area contributed by atoms with E-state index in [4.69, 9.17) is 37.4 Å². The number of carbonyl (C=O) groups is 2. The molecule has 2 aromatic rings. The van der Waals surface area contributed by atoms with Gasteiger partial charge >= 0.3 is 5.97 Å². The minimum Gasteiger partial charge on any atom is -0.495 e. The molecule has 0 aliphatic carbocycles. The fourth-order valence-corrected chi connectivity index (χ4v) is 2.36. The van der Waals surface area contributed by atoms with E-state index in [0.29, 0.717) is 27.2 Å². The van der Waals surface area contributed by atoms with Gasteiger partial charge in [0, 0.05) is 5.02 Å². The van der Waals surface area contributed by atoms with Crippen LogP contribution in [-0.4, -0.2) is 31.7 Å². The molecule has 2 rings (SSSR count). The second-order valence-electron chi connectivity index (χ2n) is 5.19. The lowest BCUT2D eigenvalue weighted by Crippen LogP contribution is -2.31. The Kier molecular flexibility index (Phi) is 7.12. The third kappa shape index (κ3) is 5.54. The number of amides is 1. The first-order valence-corrected chi connectivity index (χ1v) is 8.37. The maximum atomic E-state index is 12.2. The third-order valence-corrected chi connectivity index (χ3v) is 3.83. The van der Waals surface area contributed by atoms with Crippen LogP contribution in [0.25, 0.3) is 0 Å². The van der Waals surface area contributed by atoms with Crippen molar-refractivity contribution < 1.29 is 23.8 Å². The second-order valence-corrected chi connectivity index (χ2v) is 6.03. The van der Waals surface area contributed by atoms with Crippen molar-refractivity contribution in [1.29, 1.82) is 0 Å². The summed E-state index contributed by atoms with van der Waals surface area (Å²) in [6.45, 7) is 1.07. The fourth-order valence-electron chi connectivity index (χ4n) is 2.00. The molecule has 2 aromatic carbocycles. The summed E-state index contributed by atoms with van der Waals surface area (Å²) in [5.41, 5.74) is 0.375. The molecule has 0 spiro atoms. The summed E-state index contributed by atoms with van der Waals surface area (Å²) in [4.78, 5) is 24.1. The van der Waals surface area contributed by atoms with Gasteiger partial charge in [-0.05, 0) is 37.3 Å². The summed E-state index contributed by atoms with van der Waals surface area (Å²) >= 11 is 11.8. The molecule has 0 saturated heterocycles. The normalized spacial score (nSPS) is 11.4. The number of halogens is 2. The number of methoxy groups -OCH3 is 1. The quantitative estimate of drug-likeness (QED) is 0.715. The Bertz CT molecular complexity index is 797. The summed E-state index contributed by atoms with van der Waals surface area (Å²) in [7, 11) is 1.47. The zero-order chi connectivity index (χ0) is 19.1. The van der Waals surface area contributed by atoms with E-state index in [1.807, 2.05) is 0 Å². The van der Waals surface area contributed by atoms with Crippen molar-refractivity contribution in [2.75, 3.05) is 19.0 Å². The van der Waals surface area contributed by atoms with Crippen LogP contribution in [0.4, 0.5) is 5.69 Å². The Balaban J connectivity index is 1.89. The molecule has 0 saturated carbocycles. The van der Waals surface area contributed by atoms with E-state index in [1.165, 1.54) is 20.1 Å². The average molecular weight is 398 g/mol. The Morgan fingerprint density at radius 1 is 1.12 bits per heavy atom. The van der Waals surface area contributed by atoms with E-state index in [2.05, 4.69) is 5.32 Å². The molecular weight excluding hydrogens is 381 g/mol. The molecule has 1 N–H and O–H groups in total. The summed E-state index contributed by atoms with van der Waals surface area (Å²) in [6.07, 6.45) is -1.04. The van der Waals surface area contributed by atoms with Crippen LogP contribution in [0.5, 0.6) is 11.5 Å². The molecular formula is C18H17Cl2NO5. The van der Waals surface area contributed by atoms with Gasteiger partial charge in [-0.2, -0.15) is 0 Å². The molecule has 1 atom stereocenters. The molecule has 1 amide bonds. The van der Waals surface area contributed by atoms with E-state index in [1.54, 1.807) is 36.4 Å². The van der Waals surface area contributed by atoms with Crippen LogP contribution < -0.4 is 14.8 Å². The average Bonchev–Trinajstić information content (AvgIpc) is 2.61. The maximum Gasteiger partial charge on any atom is 0.344 e. The van der Waals surface area contributed by atoms with E-state index < -0.39 is 18.0 Å². The molecule has 0 aliphatic heterocycles. The second kappa shape index (κ2) is 9.31. The van der Waals surface area contributed by atoms with Gasteiger partial charge in [-0.1, -0.05) is 35.3 Å². The summed E-state index contributed by atoms with van der Waals surface area (Å²) in [5.74, 6) is -0.447. The molecule has 0 aliphatic rings. The first-order chi connectivity index (χ1) is 12.4. The lowest BCUT2D eigenvalue weighted by molar-refractivity contribution is -0.155. The van der Waals surface area contributed by atoms with Crippen LogP contribution in [0, 0.1) is 0 Å². The van der Waals surface area contributed by atoms with Crippen molar-refractivity contribution in [2.24, 2.45) is 0 Å². The van der Waals surface area contributed by atoms with Gasteiger partial charge in [0.15, 0.2) is 12.7 Å². The molecule has 0 bridgehead atoms. The van der Waals surface area contributed by atoms with Crippen LogP contribution >= 0.6 is 23.2 Å². The molecule has 0 fully saturated rings. The van der Waals surface area contributed by atoms with Gasteiger partial charge in [0.1, 0.15) is 11.5 Å². The topological polar surface area (TPSA) is 73.9 Å². The van der Waals surface area contributed by atoms with E-state index in [9.17, 15) is 9.59 Å². The number of carbonyl (C=O) groups excluding carboxylic acids is 2. The van der Waals surface area contributed by atoms with Crippen molar-refractivity contribution in [2.45, 2.75) is 13.0 Å². The molecule has 0 unspecified atom stereocenters. The minimum absolute atomic E-state index is 0.354. The summed E-state index contributed by atoms with van der Waals surface area (Å²) < 4.78 is 15.5. The molecule has 8 heteroatoms. The van der Waals surface area contributed by atoms with E-state index >= 15 is 0 Å². The molecule has 0 radical (unpaired) electrons. The monoisotopic (exact) mass is 397 g/mol. The van der Waals surface area contributed by atoms with Crippen molar-refractivity contribution in [3.8, 4) is 11.5 Å². The highest BCUT2D eigenvalue weighted by atomic mass is 35.5. The minimum atomic E-state index is -1.04. The van der Waals surface area contributed by atoms with Crippen LogP contribution in [0.3, 0.4) is 0 Å². The number of nitrogens with one attached hydrogen (secondary N) is 1. The Labute approximate surface area is 160 Å². The highest BCUT2D eigenvalue weighted by molar-refractivity contribution is 6.32. The SMILES string of the molecule is COc1ccc(Cl)cc1NC(=O)[C@H](C)OC(=O)COc1ccccc1Cl. The van der Waals surface area contributed by atoms with Gasteiger partial charge in [0.2, 0.25) is 0 Å². The van der Waals surface area contributed by atoms with E-state index in [-0.39, 0.29) is 6.61 Å². The number of rotatable bonds is 7. The first kappa shape index (κ1) is 19.9. The highest BCUT2D eigenvalue weighted by Crippen LogP contribution is 2.28. The molecule has 0 heterocycles. The number of hydrogen-bond donors (Lipinski definition) is 1. The predicted molar refractivity (Wildman–Crippen MR) is 99.1 cm³/mol. The number of para-hydroxylation sites is 1. The number of benzene rings is 2. The molecule has 0 aromatic heterocycles. The van der Waals surface area contributed by atoms with Crippen LogP contribution in [0.1, 0.15) is 6.92 Å². The Morgan fingerprint density at radius 2 is 1.85 bits per heavy atom. The molecule has 6 nitrogen and oxygen atoms in total. The van der Waals surface area contributed by atoms with Gasteiger partial charge in [-0.25, -0.2) is 4.79 Å². The number of anilines is 1. The smallest absolute Gasteiger partial charge is 0.344 e. The van der Waals surface area contributed by atoms with Gasteiger partial charge in [0.25, 0.3) is 5.91 Å². The van der Waals surface area contributed by atoms with Gasteiger partial charge in [-0.15, -0.1) is 0 Å². The van der Waals surface area contributed by atoms with Crippen molar-refractivity contribution in [3.63, 3.8) is 0 Å². The number of esters is 1. The van der Waals surface area contributed by atoms with Crippen molar-refractivity contribution in [1.82, 2.24) is 0 Å². The van der Waals surface area contributed by atoms with Gasteiger partial charge in [0.05, 0.1) is 17.8 Å². The lowest BCUT2D eigenvalue weighted by Gasteiger charge is -2.15. The number of hydrogen-bond acceptors (Lipinski definition) is 5.